The first kappa shape index (κ1) is 15.0. The average Bonchev–Trinajstić information content (AvgIpc) is 2.21. The molecule has 0 aliphatic heterocycles. The maximum Gasteiger partial charge on any atom is -0.0417 e. The fraction of sp³-hybridized carbons (Fsp3) is 1.00. The highest BCUT2D eigenvalue weighted by atomic mass is 14.1. The summed E-state index contributed by atoms with van der Waals surface area (Å²) < 4.78 is 0. The summed E-state index contributed by atoms with van der Waals surface area (Å²) >= 11 is 0. The molecule has 0 aromatic rings. The van der Waals surface area contributed by atoms with Crippen molar-refractivity contribution in [2.24, 2.45) is 11.8 Å². The topological polar surface area (TPSA) is 0 Å². The van der Waals surface area contributed by atoms with Crippen LogP contribution in [-0.4, -0.2) is 0 Å². The quantitative estimate of drug-likeness (QED) is 0.401. The van der Waals surface area contributed by atoms with Gasteiger partial charge in [0.15, 0.2) is 0 Å². The zero-order valence-corrected chi connectivity index (χ0v) is 11.5. The Morgan fingerprint density at radius 2 is 1.27 bits per heavy atom. The molecule has 0 fully saturated rings. The minimum absolute atomic E-state index is 0.894. The van der Waals surface area contributed by atoms with E-state index in [4.69, 9.17) is 0 Å². The SMILES string of the molecule is CCCCCC(CC)CCCCC(C)C. The van der Waals surface area contributed by atoms with Crippen LogP contribution >= 0.6 is 0 Å². The van der Waals surface area contributed by atoms with Crippen molar-refractivity contribution in [3.63, 3.8) is 0 Å². The summed E-state index contributed by atoms with van der Waals surface area (Å²) in [6, 6.07) is 0. The third-order valence-corrected chi connectivity index (χ3v) is 3.44. The maximum atomic E-state index is 2.36. The molecule has 0 saturated carbocycles. The molecule has 1 unspecified atom stereocenters. The molecule has 0 heterocycles. The van der Waals surface area contributed by atoms with Gasteiger partial charge >= 0.3 is 0 Å². The van der Waals surface area contributed by atoms with Gasteiger partial charge in [-0.05, 0) is 11.8 Å². The van der Waals surface area contributed by atoms with Crippen molar-refractivity contribution in [3.05, 3.63) is 0 Å². The van der Waals surface area contributed by atoms with E-state index >= 15 is 0 Å². The number of hydrogen-bond donors (Lipinski definition) is 0. The van der Waals surface area contributed by atoms with E-state index in [1.807, 2.05) is 0 Å². The van der Waals surface area contributed by atoms with Gasteiger partial charge in [-0.2, -0.15) is 0 Å². The molecule has 0 aliphatic carbocycles. The first-order valence-electron chi connectivity index (χ1n) is 7.20. The summed E-state index contributed by atoms with van der Waals surface area (Å²) in [6.07, 6.45) is 12.9. The molecule has 0 saturated heterocycles. The van der Waals surface area contributed by atoms with Gasteiger partial charge in [0, 0.05) is 0 Å². The highest BCUT2D eigenvalue weighted by molar-refractivity contribution is 4.59. The summed E-state index contributed by atoms with van der Waals surface area (Å²) in [5.41, 5.74) is 0. The maximum absolute atomic E-state index is 2.36. The molecule has 0 aromatic heterocycles. The molecule has 0 bridgehead atoms. The number of unbranched alkanes of at least 4 members (excludes halogenated alkanes) is 3. The molecule has 92 valence electrons. The van der Waals surface area contributed by atoms with Crippen LogP contribution in [0.2, 0.25) is 0 Å². The Kier molecular flexibility index (Phi) is 10.5. The van der Waals surface area contributed by atoms with Gasteiger partial charge in [-0.15, -0.1) is 0 Å². The Morgan fingerprint density at radius 3 is 1.73 bits per heavy atom. The lowest BCUT2D eigenvalue weighted by Crippen LogP contribution is -1.99. The zero-order chi connectivity index (χ0) is 11.5. The summed E-state index contributed by atoms with van der Waals surface area (Å²) in [6.45, 7) is 9.32. The largest absolute Gasteiger partial charge is 0.0654 e. The summed E-state index contributed by atoms with van der Waals surface area (Å²) in [7, 11) is 0. The van der Waals surface area contributed by atoms with Crippen molar-refractivity contribution in [1.82, 2.24) is 0 Å². The fourth-order valence-electron chi connectivity index (χ4n) is 2.22. The van der Waals surface area contributed by atoms with Gasteiger partial charge in [0.25, 0.3) is 0 Å². The third-order valence-electron chi connectivity index (χ3n) is 3.44. The van der Waals surface area contributed by atoms with Crippen LogP contribution in [0.5, 0.6) is 0 Å². The van der Waals surface area contributed by atoms with Gasteiger partial charge in [0.05, 0.1) is 0 Å². The van der Waals surface area contributed by atoms with Crippen LogP contribution in [0.4, 0.5) is 0 Å². The van der Waals surface area contributed by atoms with E-state index in [2.05, 4.69) is 27.7 Å². The van der Waals surface area contributed by atoms with Crippen molar-refractivity contribution in [2.75, 3.05) is 0 Å². The Morgan fingerprint density at radius 1 is 0.733 bits per heavy atom. The van der Waals surface area contributed by atoms with E-state index in [1.54, 1.807) is 0 Å². The summed E-state index contributed by atoms with van der Waals surface area (Å²) in [5.74, 6) is 1.91. The van der Waals surface area contributed by atoms with Gasteiger partial charge in [-0.1, -0.05) is 85.5 Å². The van der Waals surface area contributed by atoms with E-state index in [9.17, 15) is 0 Å². The highest BCUT2D eigenvalue weighted by Crippen LogP contribution is 2.21. The molecule has 0 nitrogen and oxygen atoms in total. The zero-order valence-electron chi connectivity index (χ0n) is 11.5. The second-order valence-corrected chi connectivity index (χ2v) is 5.45. The predicted octanol–water partition coefficient (Wildman–Crippen LogP) is 5.81. The molecule has 1 atom stereocenters. The minimum Gasteiger partial charge on any atom is -0.0654 e. The minimum atomic E-state index is 0.894. The molecule has 15 heavy (non-hydrogen) atoms. The number of hydrogen-bond acceptors (Lipinski definition) is 0. The van der Waals surface area contributed by atoms with Crippen molar-refractivity contribution in [1.29, 1.82) is 0 Å². The Hall–Kier alpha value is 0. The van der Waals surface area contributed by atoms with Gasteiger partial charge in [0.2, 0.25) is 0 Å². The fourth-order valence-corrected chi connectivity index (χ4v) is 2.22. The van der Waals surface area contributed by atoms with Crippen molar-refractivity contribution in [2.45, 2.75) is 85.5 Å². The number of rotatable bonds is 10. The Labute approximate surface area is 97.8 Å². The molecule has 0 amide bonds. The Balaban J connectivity index is 3.35. The lowest BCUT2D eigenvalue weighted by Gasteiger charge is -2.14. The van der Waals surface area contributed by atoms with E-state index in [0.29, 0.717) is 0 Å². The molecule has 0 aromatic carbocycles. The van der Waals surface area contributed by atoms with E-state index in [-0.39, 0.29) is 0 Å². The molecular formula is C15H32. The second kappa shape index (κ2) is 10.5. The van der Waals surface area contributed by atoms with Crippen LogP contribution in [-0.2, 0) is 0 Å². The van der Waals surface area contributed by atoms with Crippen LogP contribution in [0, 0.1) is 11.8 Å². The van der Waals surface area contributed by atoms with Crippen LogP contribution < -0.4 is 0 Å². The molecule has 0 heteroatoms. The summed E-state index contributed by atoms with van der Waals surface area (Å²) in [5, 5.41) is 0. The standard InChI is InChI=1S/C15H32/c1-5-7-8-12-15(6-2)13-10-9-11-14(3)4/h14-15H,5-13H2,1-4H3. The van der Waals surface area contributed by atoms with Crippen LogP contribution in [0.3, 0.4) is 0 Å². The van der Waals surface area contributed by atoms with E-state index in [0.717, 1.165) is 11.8 Å². The monoisotopic (exact) mass is 212 g/mol. The van der Waals surface area contributed by atoms with E-state index in [1.165, 1.54) is 57.8 Å². The molecule has 0 rings (SSSR count). The van der Waals surface area contributed by atoms with Crippen LogP contribution in [0.25, 0.3) is 0 Å². The van der Waals surface area contributed by atoms with Crippen LogP contribution in [0.1, 0.15) is 85.5 Å². The lowest BCUT2D eigenvalue weighted by atomic mass is 9.92. The first-order valence-corrected chi connectivity index (χ1v) is 7.20. The van der Waals surface area contributed by atoms with Gasteiger partial charge in [-0.3, -0.25) is 0 Å². The second-order valence-electron chi connectivity index (χ2n) is 5.45. The van der Waals surface area contributed by atoms with Gasteiger partial charge in [0.1, 0.15) is 0 Å². The van der Waals surface area contributed by atoms with E-state index < -0.39 is 0 Å². The normalized spacial score (nSPS) is 13.4. The molecular weight excluding hydrogens is 180 g/mol. The Bertz CT molecular complexity index is 115. The first-order chi connectivity index (χ1) is 7.20. The molecule has 0 aliphatic rings. The average molecular weight is 212 g/mol. The molecule has 0 N–H and O–H groups in total. The molecule has 0 radical (unpaired) electrons. The molecule has 0 spiro atoms. The highest BCUT2D eigenvalue weighted by Gasteiger charge is 2.05. The van der Waals surface area contributed by atoms with Crippen LogP contribution in [0.15, 0.2) is 0 Å². The third kappa shape index (κ3) is 10.3. The van der Waals surface area contributed by atoms with Crippen molar-refractivity contribution >= 4 is 0 Å². The smallest absolute Gasteiger partial charge is 0.0417 e. The lowest BCUT2D eigenvalue weighted by molar-refractivity contribution is 0.390. The van der Waals surface area contributed by atoms with Gasteiger partial charge < -0.3 is 0 Å². The summed E-state index contributed by atoms with van der Waals surface area (Å²) in [4.78, 5) is 0. The predicted molar refractivity (Wildman–Crippen MR) is 71.2 cm³/mol. The van der Waals surface area contributed by atoms with Gasteiger partial charge in [-0.25, -0.2) is 0 Å². The van der Waals surface area contributed by atoms with Crippen molar-refractivity contribution in [3.8, 4) is 0 Å². The van der Waals surface area contributed by atoms with Crippen molar-refractivity contribution < 1.29 is 0 Å².